The van der Waals surface area contributed by atoms with Crippen molar-refractivity contribution in [3.8, 4) is 11.3 Å². The minimum Gasteiger partial charge on any atom is -0.481 e. The quantitative estimate of drug-likeness (QED) is 0.276. The van der Waals surface area contributed by atoms with E-state index in [9.17, 15) is 38.8 Å². The third-order valence-corrected chi connectivity index (χ3v) is 8.32. The fourth-order valence-corrected chi connectivity index (χ4v) is 6.16. The number of benzene rings is 1. The highest BCUT2D eigenvalue weighted by molar-refractivity contribution is 5.83. The number of carboxylic acids is 1. The van der Waals surface area contributed by atoms with Gasteiger partial charge in [-0.05, 0) is 31.0 Å². The number of hydrogen-bond acceptors (Lipinski definition) is 9. The molecule has 4 N–H and O–H groups in total. The van der Waals surface area contributed by atoms with Crippen LogP contribution in [0.15, 0.2) is 36.7 Å². The third-order valence-electron chi connectivity index (χ3n) is 8.32. The summed E-state index contributed by atoms with van der Waals surface area (Å²) in [6.07, 6.45) is -0.359. The van der Waals surface area contributed by atoms with Gasteiger partial charge in [0.05, 0.1) is 49.7 Å². The number of aliphatic hydroxyl groups is 3. The molecule has 1 saturated heterocycles. The second-order valence-electron chi connectivity index (χ2n) is 11.1. The van der Waals surface area contributed by atoms with Crippen LogP contribution in [0.2, 0.25) is 0 Å². The van der Waals surface area contributed by atoms with Gasteiger partial charge in [0, 0.05) is 30.8 Å². The molecule has 1 saturated carbocycles. The van der Waals surface area contributed by atoms with Crippen molar-refractivity contribution in [2.75, 3.05) is 6.61 Å². The number of aromatic nitrogens is 5. The Morgan fingerprint density at radius 1 is 1.14 bits per heavy atom. The lowest BCUT2D eigenvalue weighted by atomic mass is 9.81. The van der Waals surface area contributed by atoms with E-state index in [2.05, 4.69) is 15.4 Å². The van der Waals surface area contributed by atoms with Crippen LogP contribution in [0.4, 0.5) is 8.78 Å². The van der Waals surface area contributed by atoms with E-state index in [1.165, 1.54) is 11.1 Å². The number of amides is 1. The first kappa shape index (κ1) is 30.7. The second-order valence-corrected chi connectivity index (χ2v) is 11.1. The van der Waals surface area contributed by atoms with Gasteiger partial charge in [-0.15, -0.1) is 5.10 Å². The molecule has 0 bridgehead atoms. The summed E-state index contributed by atoms with van der Waals surface area (Å²) in [6, 6.07) is 2.68. The van der Waals surface area contributed by atoms with E-state index in [4.69, 9.17) is 4.74 Å². The monoisotopic (exact) mass is 604 g/mol. The topological polar surface area (TPSA) is 176 Å². The van der Waals surface area contributed by atoms with Gasteiger partial charge in [0.15, 0.2) is 0 Å². The zero-order valence-electron chi connectivity index (χ0n) is 23.4. The van der Waals surface area contributed by atoms with Crippen molar-refractivity contribution in [3.05, 3.63) is 54.0 Å². The molecule has 3 aromatic rings. The summed E-state index contributed by atoms with van der Waals surface area (Å²) < 4.78 is 36.4. The molecule has 2 aliphatic rings. The Labute approximate surface area is 245 Å². The minimum atomic E-state index is -1.53. The maximum atomic E-state index is 14.4. The van der Waals surface area contributed by atoms with E-state index in [0.29, 0.717) is 24.6 Å². The third kappa shape index (κ3) is 6.44. The van der Waals surface area contributed by atoms with Crippen LogP contribution < -0.4 is 0 Å². The molecule has 0 spiro atoms. The molecule has 0 radical (unpaired) electrons. The van der Waals surface area contributed by atoms with Gasteiger partial charge in [-0.25, -0.2) is 13.5 Å². The maximum absolute atomic E-state index is 14.4. The van der Waals surface area contributed by atoms with Crippen molar-refractivity contribution in [1.82, 2.24) is 29.7 Å². The van der Waals surface area contributed by atoms with Crippen LogP contribution in [-0.2, 0) is 27.9 Å². The van der Waals surface area contributed by atoms with Crippen LogP contribution >= 0.6 is 0 Å². The van der Waals surface area contributed by atoms with Gasteiger partial charge in [0.2, 0.25) is 0 Å². The normalized spacial score (nSPS) is 27.6. The Balaban J connectivity index is 1.54. The SMILES string of the molecule is Cn1nccc1CN(C(=O)[C@@H]1O[C@H](CO)[C@H](O)[C@@H](n2cc(-c3cc(F)cc(F)c3)nn2)[C@H]1CC(=O)O)[C@H]1CCCC[C@@H]1O. The summed E-state index contributed by atoms with van der Waals surface area (Å²) in [5, 5.41) is 54.3. The van der Waals surface area contributed by atoms with Crippen LogP contribution in [-0.4, -0.2) is 99.0 Å². The molecule has 7 atom stereocenters. The number of nitrogens with zero attached hydrogens (tertiary/aromatic N) is 6. The van der Waals surface area contributed by atoms with E-state index in [1.54, 1.807) is 24.0 Å². The molecule has 232 valence electrons. The van der Waals surface area contributed by atoms with Crippen molar-refractivity contribution in [2.24, 2.45) is 13.0 Å². The van der Waals surface area contributed by atoms with Crippen LogP contribution in [0.3, 0.4) is 0 Å². The van der Waals surface area contributed by atoms with E-state index >= 15 is 0 Å². The average Bonchev–Trinajstić information content (AvgIpc) is 3.60. The van der Waals surface area contributed by atoms with E-state index in [1.807, 2.05) is 0 Å². The number of aryl methyl sites for hydroxylation is 1. The molecular formula is C28H34F2N6O7. The standard InChI is InChI=1S/C28H34F2N6O7/c1-34-18(6-7-31-34)12-35(21-4-2-3-5-22(21)38)28(42)27-19(11-24(39)40)25(26(41)23(14-37)43-27)36-13-20(32-33-36)15-8-16(29)10-17(30)9-15/h6-10,13,19,21-23,25-27,37-38,41H,2-5,11-12,14H2,1H3,(H,39,40)/t19-,21+,22+,23-,25+,26+,27-/m1/s1. The molecule has 2 fully saturated rings. The van der Waals surface area contributed by atoms with Crippen LogP contribution in [0.25, 0.3) is 11.3 Å². The predicted octanol–water partition coefficient (Wildman–Crippen LogP) is 1.04. The van der Waals surface area contributed by atoms with Crippen molar-refractivity contribution in [3.63, 3.8) is 0 Å². The van der Waals surface area contributed by atoms with Gasteiger partial charge >= 0.3 is 5.97 Å². The Kier molecular flexibility index (Phi) is 9.15. The Morgan fingerprint density at radius 2 is 1.86 bits per heavy atom. The second kappa shape index (κ2) is 12.8. The summed E-state index contributed by atoms with van der Waals surface area (Å²) >= 11 is 0. The number of carbonyl (C=O) groups excluding carboxylic acids is 1. The number of ether oxygens (including phenoxy) is 1. The number of aliphatic carboxylic acids is 1. The van der Waals surface area contributed by atoms with Crippen molar-refractivity contribution >= 4 is 11.9 Å². The van der Waals surface area contributed by atoms with Crippen molar-refractivity contribution in [1.29, 1.82) is 0 Å². The number of halogens is 2. The highest BCUT2D eigenvalue weighted by Gasteiger charge is 2.52. The van der Waals surface area contributed by atoms with E-state index < -0.39 is 79.0 Å². The lowest BCUT2D eigenvalue weighted by Crippen LogP contribution is -2.60. The van der Waals surface area contributed by atoms with Crippen LogP contribution in [0.1, 0.15) is 43.8 Å². The zero-order chi connectivity index (χ0) is 30.8. The van der Waals surface area contributed by atoms with Crippen molar-refractivity contribution < 1.29 is 43.5 Å². The smallest absolute Gasteiger partial charge is 0.303 e. The summed E-state index contributed by atoms with van der Waals surface area (Å²) in [5.41, 5.74) is 0.757. The fraction of sp³-hybridized carbons (Fsp3) is 0.536. The number of carboxylic acid groups (broad SMARTS) is 1. The summed E-state index contributed by atoms with van der Waals surface area (Å²) in [6.45, 7) is -0.655. The van der Waals surface area contributed by atoms with Gasteiger partial charge in [-0.3, -0.25) is 14.3 Å². The molecule has 1 aliphatic heterocycles. The van der Waals surface area contributed by atoms with Crippen molar-refractivity contribution in [2.45, 2.75) is 75.1 Å². The predicted molar refractivity (Wildman–Crippen MR) is 144 cm³/mol. The summed E-state index contributed by atoms with van der Waals surface area (Å²) in [5.74, 6) is -4.81. The molecule has 43 heavy (non-hydrogen) atoms. The van der Waals surface area contributed by atoms with Gasteiger partial charge in [-0.2, -0.15) is 5.10 Å². The molecule has 1 aromatic carbocycles. The zero-order valence-corrected chi connectivity index (χ0v) is 23.4. The van der Waals surface area contributed by atoms with E-state index in [0.717, 1.165) is 29.7 Å². The molecule has 1 amide bonds. The lowest BCUT2D eigenvalue weighted by Gasteiger charge is -2.46. The molecule has 3 heterocycles. The lowest BCUT2D eigenvalue weighted by molar-refractivity contribution is -0.202. The van der Waals surface area contributed by atoms with E-state index in [-0.39, 0.29) is 17.8 Å². The summed E-state index contributed by atoms with van der Waals surface area (Å²) in [7, 11) is 1.71. The Morgan fingerprint density at radius 3 is 2.49 bits per heavy atom. The molecule has 2 aromatic heterocycles. The summed E-state index contributed by atoms with van der Waals surface area (Å²) in [4.78, 5) is 28.0. The number of aliphatic hydroxyl groups excluding tert-OH is 3. The van der Waals surface area contributed by atoms with Gasteiger partial charge in [-0.1, -0.05) is 18.1 Å². The molecule has 13 nitrogen and oxygen atoms in total. The van der Waals surface area contributed by atoms with Crippen LogP contribution in [0.5, 0.6) is 0 Å². The average molecular weight is 605 g/mol. The Bertz CT molecular complexity index is 1430. The molecular weight excluding hydrogens is 570 g/mol. The number of rotatable bonds is 9. The fourth-order valence-electron chi connectivity index (χ4n) is 6.16. The first-order valence-electron chi connectivity index (χ1n) is 14.1. The maximum Gasteiger partial charge on any atom is 0.303 e. The van der Waals surface area contributed by atoms with Gasteiger partial charge in [0.25, 0.3) is 5.91 Å². The first-order chi connectivity index (χ1) is 20.6. The highest BCUT2D eigenvalue weighted by atomic mass is 19.1. The highest BCUT2D eigenvalue weighted by Crippen LogP contribution is 2.39. The molecule has 15 heteroatoms. The number of hydrogen-bond donors (Lipinski definition) is 4. The minimum absolute atomic E-state index is 0.0396. The molecule has 1 aliphatic carbocycles. The van der Waals surface area contributed by atoms with Crippen LogP contribution in [0, 0.1) is 17.6 Å². The molecule has 0 unspecified atom stereocenters. The largest absolute Gasteiger partial charge is 0.481 e. The van der Waals surface area contributed by atoms with Gasteiger partial charge in [0.1, 0.15) is 35.6 Å². The number of carbonyl (C=O) groups is 2. The molecule has 5 rings (SSSR count). The van der Waals surface area contributed by atoms with Gasteiger partial charge < -0.3 is 30.1 Å². The Hall–Kier alpha value is -3.79. The first-order valence-corrected chi connectivity index (χ1v) is 14.1.